The first kappa shape index (κ1) is 19.7. The maximum absolute atomic E-state index is 4.57. The van der Waals surface area contributed by atoms with E-state index in [4.69, 9.17) is 0 Å². The zero-order chi connectivity index (χ0) is 15.7. The van der Waals surface area contributed by atoms with E-state index in [-0.39, 0.29) is 12.4 Å². The van der Waals surface area contributed by atoms with Crippen LogP contribution < -0.4 is 5.32 Å². The monoisotopic (exact) mass is 351 g/mol. The van der Waals surface area contributed by atoms with Crippen LogP contribution in [-0.4, -0.2) is 35.6 Å². The van der Waals surface area contributed by atoms with Crippen LogP contribution in [0.2, 0.25) is 0 Å². The maximum Gasteiger partial charge on any atom is 0.0544 e. The average molecular weight is 352 g/mol. The molecule has 0 spiro atoms. The summed E-state index contributed by atoms with van der Waals surface area (Å²) < 4.78 is 0. The quantitative estimate of drug-likeness (QED) is 0.822. The number of hydrogen-bond acceptors (Lipinski definition) is 3. The lowest BCUT2D eigenvalue weighted by atomic mass is 9.86. The summed E-state index contributed by atoms with van der Waals surface area (Å²) in [6, 6.07) is 7.06. The van der Waals surface area contributed by atoms with E-state index in [1.165, 1.54) is 83.1 Å². The molecule has 24 heavy (non-hydrogen) atoms. The first-order valence-corrected chi connectivity index (χ1v) is 9.76. The molecule has 4 heteroatoms. The second-order valence-corrected chi connectivity index (χ2v) is 7.42. The molecular weight excluding hydrogens is 318 g/mol. The molecule has 1 saturated carbocycles. The lowest BCUT2D eigenvalue weighted by Gasteiger charge is -2.33. The summed E-state index contributed by atoms with van der Waals surface area (Å²) in [4.78, 5) is 7.31. The van der Waals surface area contributed by atoms with Gasteiger partial charge >= 0.3 is 0 Å². The molecule has 0 radical (unpaired) electrons. The van der Waals surface area contributed by atoms with Crippen molar-refractivity contribution >= 4 is 12.4 Å². The summed E-state index contributed by atoms with van der Waals surface area (Å²) in [5.41, 5.74) is 1.23. The zero-order valence-electron chi connectivity index (χ0n) is 15.0. The van der Waals surface area contributed by atoms with Gasteiger partial charge in [0.15, 0.2) is 0 Å². The Labute approximate surface area is 154 Å². The molecule has 1 N–H and O–H groups in total. The molecule has 0 bridgehead atoms. The maximum atomic E-state index is 4.57. The van der Waals surface area contributed by atoms with E-state index < -0.39 is 0 Å². The number of aromatic nitrogens is 1. The molecule has 2 aliphatic rings. The minimum Gasteiger partial charge on any atom is -0.317 e. The van der Waals surface area contributed by atoms with Gasteiger partial charge in [0.25, 0.3) is 0 Å². The van der Waals surface area contributed by atoms with E-state index in [2.05, 4.69) is 27.3 Å². The Kier molecular flexibility index (Phi) is 9.08. The fourth-order valence-corrected chi connectivity index (χ4v) is 4.28. The minimum atomic E-state index is 0. The van der Waals surface area contributed by atoms with Crippen molar-refractivity contribution in [2.75, 3.05) is 19.6 Å². The molecule has 136 valence electrons. The highest BCUT2D eigenvalue weighted by Crippen LogP contribution is 2.27. The fourth-order valence-electron chi connectivity index (χ4n) is 4.28. The Balaban J connectivity index is 0.00000208. The second kappa shape index (κ2) is 11.1. The zero-order valence-corrected chi connectivity index (χ0v) is 15.8. The molecule has 2 fully saturated rings. The molecule has 0 amide bonds. The summed E-state index contributed by atoms with van der Waals surface area (Å²) in [5, 5.41) is 3.56. The third-order valence-electron chi connectivity index (χ3n) is 5.70. The van der Waals surface area contributed by atoms with Crippen molar-refractivity contribution in [3.63, 3.8) is 0 Å². The third-order valence-corrected chi connectivity index (χ3v) is 5.70. The van der Waals surface area contributed by atoms with Crippen molar-refractivity contribution in [2.24, 2.45) is 5.92 Å². The highest BCUT2D eigenvalue weighted by atomic mass is 35.5. The molecule has 1 aromatic rings. The van der Waals surface area contributed by atoms with Crippen molar-refractivity contribution < 1.29 is 0 Å². The van der Waals surface area contributed by atoms with Gasteiger partial charge in [-0.3, -0.25) is 9.88 Å². The number of hydrogen-bond donors (Lipinski definition) is 1. The van der Waals surface area contributed by atoms with Crippen LogP contribution in [0.15, 0.2) is 24.4 Å². The normalized spacial score (nSPS) is 22.8. The molecule has 3 rings (SSSR count). The van der Waals surface area contributed by atoms with Crippen LogP contribution >= 0.6 is 12.4 Å². The molecule has 2 heterocycles. The van der Waals surface area contributed by atoms with Gasteiger partial charge in [-0.2, -0.15) is 0 Å². The van der Waals surface area contributed by atoms with Gasteiger partial charge in [0, 0.05) is 18.8 Å². The molecule has 1 atom stereocenters. The molecule has 1 saturated heterocycles. The van der Waals surface area contributed by atoms with E-state index in [9.17, 15) is 0 Å². The number of nitrogens with one attached hydrogen (secondary N) is 1. The fraction of sp³-hybridized carbons (Fsp3) is 0.750. The lowest BCUT2D eigenvalue weighted by molar-refractivity contribution is 0.152. The summed E-state index contributed by atoms with van der Waals surface area (Å²) in [6.07, 6.45) is 14.6. The smallest absolute Gasteiger partial charge is 0.0544 e. The second-order valence-electron chi connectivity index (χ2n) is 7.42. The molecule has 3 nitrogen and oxygen atoms in total. The average Bonchev–Trinajstić information content (AvgIpc) is 2.90. The Morgan fingerprint density at radius 1 is 1.00 bits per heavy atom. The molecule has 1 aromatic heterocycles. The lowest BCUT2D eigenvalue weighted by Crippen LogP contribution is -2.37. The van der Waals surface area contributed by atoms with Crippen molar-refractivity contribution in [3.05, 3.63) is 30.1 Å². The van der Waals surface area contributed by atoms with Gasteiger partial charge in [0.1, 0.15) is 0 Å². The van der Waals surface area contributed by atoms with Gasteiger partial charge in [-0.05, 0) is 63.4 Å². The van der Waals surface area contributed by atoms with Gasteiger partial charge < -0.3 is 5.32 Å². The predicted molar refractivity (Wildman–Crippen MR) is 104 cm³/mol. The van der Waals surface area contributed by atoms with Crippen LogP contribution in [0.4, 0.5) is 0 Å². The standard InChI is InChI=1S/C20H33N3.ClH/c1-2-7-18(8-3-1)12-16-23(17-19-9-4-5-14-22-19)20-10-6-13-21-15-11-20;/h4-5,9,14,18,20-21H,1-3,6-8,10-13,15-17H2;1H. The van der Waals surface area contributed by atoms with Crippen LogP contribution in [0.5, 0.6) is 0 Å². The Bertz CT molecular complexity index is 426. The molecular formula is C20H34ClN3. The number of halogens is 1. The van der Waals surface area contributed by atoms with E-state index >= 15 is 0 Å². The van der Waals surface area contributed by atoms with Crippen molar-refractivity contribution in [1.82, 2.24) is 15.2 Å². The van der Waals surface area contributed by atoms with Crippen LogP contribution in [0.3, 0.4) is 0 Å². The van der Waals surface area contributed by atoms with Gasteiger partial charge in [0.2, 0.25) is 0 Å². The van der Waals surface area contributed by atoms with Gasteiger partial charge in [-0.25, -0.2) is 0 Å². The van der Waals surface area contributed by atoms with Gasteiger partial charge in [-0.1, -0.05) is 38.2 Å². The van der Waals surface area contributed by atoms with E-state index in [1.807, 2.05) is 12.3 Å². The highest BCUT2D eigenvalue weighted by molar-refractivity contribution is 5.85. The van der Waals surface area contributed by atoms with Gasteiger partial charge in [0.05, 0.1) is 5.69 Å². The van der Waals surface area contributed by atoms with Crippen molar-refractivity contribution in [1.29, 1.82) is 0 Å². The van der Waals surface area contributed by atoms with E-state index in [0.29, 0.717) is 0 Å². The van der Waals surface area contributed by atoms with E-state index in [0.717, 1.165) is 18.5 Å². The SMILES string of the molecule is Cl.c1ccc(CN(CCC2CCCCC2)C2CCCNCC2)nc1. The van der Waals surface area contributed by atoms with Crippen LogP contribution in [0.25, 0.3) is 0 Å². The first-order chi connectivity index (χ1) is 11.4. The largest absolute Gasteiger partial charge is 0.317 e. The number of rotatable bonds is 6. The van der Waals surface area contributed by atoms with Crippen LogP contribution in [0.1, 0.15) is 63.5 Å². The molecule has 1 aliphatic carbocycles. The molecule has 1 unspecified atom stereocenters. The highest BCUT2D eigenvalue weighted by Gasteiger charge is 2.22. The molecule has 0 aromatic carbocycles. The van der Waals surface area contributed by atoms with Gasteiger partial charge in [-0.15, -0.1) is 12.4 Å². The first-order valence-electron chi connectivity index (χ1n) is 9.76. The van der Waals surface area contributed by atoms with Crippen molar-refractivity contribution in [2.45, 2.75) is 70.4 Å². The van der Waals surface area contributed by atoms with E-state index in [1.54, 1.807) is 0 Å². The Hall–Kier alpha value is -0.640. The number of nitrogens with zero attached hydrogens (tertiary/aromatic N) is 2. The predicted octanol–water partition coefficient (Wildman–Crippen LogP) is 4.42. The summed E-state index contributed by atoms with van der Waals surface area (Å²) >= 11 is 0. The van der Waals surface area contributed by atoms with Crippen LogP contribution in [0, 0.1) is 5.92 Å². The third kappa shape index (κ3) is 6.34. The summed E-state index contributed by atoms with van der Waals surface area (Å²) in [6.45, 7) is 4.65. The Morgan fingerprint density at radius 2 is 1.88 bits per heavy atom. The van der Waals surface area contributed by atoms with Crippen LogP contribution in [-0.2, 0) is 6.54 Å². The summed E-state index contributed by atoms with van der Waals surface area (Å²) in [5.74, 6) is 0.971. The Morgan fingerprint density at radius 3 is 2.67 bits per heavy atom. The van der Waals surface area contributed by atoms with Crippen molar-refractivity contribution in [3.8, 4) is 0 Å². The minimum absolute atomic E-state index is 0. The topological polar surface area (TPSA) is 28.2 Å². The number of pyridine rings is 1. The summed E-state index contributed by atoms with van der Waals surface area (Å²) in [7, 11) is 0. The molecule has 1 aliphatic heterocycles.